The van der Waals surface area contributed by atoms with Gasteiger partial charge in [0.25, 0.3) is 0 Å². The Labute approximate surface area is 127 Å². The van der Waals surface area contributed by atoms with Crippen molar-refractivity contribution in [2.45, 2.75) is 6.54 Å². The topological polar surface area (TPSA) is 56.3 Å². The third kappa shape index (κ3) is 4.63. The van der Waals surface area contributed by atoms with Crippen LogP contribution >= 0.6 is 11.6 Å². The summed E-state index contributed by atoms with van der Waals surface area (Å²) in [6, 6.07) is 4.57. The van der Waals surface area contributed by atoms with Crippen molar-refractivity contribution in [1.82, 2.24) is 15.3 Å². The first-order chi connectivity index (χ1) is 10.2. The molecule has 0 atom stereocenters. The molecule has 1 aromatic heterocycles. The maximum absolute atomic E-state index is 13.7. The van der Waals surface area contributed by atoms with Gasteiger partial charge in [-0.2, -0.15) is 0 Å². The first kappa shape index (κ1) is 15.6. The molecule has 0 amide bonds. The van der Waals surface area contributed by atoms with E-state index in [0.717, 1.165) is 12.1 Å². The van der Waals surface area contributed by atoms with Crippen LogP contribution in [-0.4, -0.2) is 30.2 Å². The van der Waals surface area contributed by atoms with E-state index in [1.54, 1.807) is 25.6 Å². The molecule has 0 spiro atoms. The molecule has 0 saturated heterocycles. The largest absolute Gasteiger partial charge is 0.421 e. The Kier molecular flexibility index (Phi) is 5.86. The monoisotopic (exact) mass is 311 g/mol. The summed E-state index contributed by atoms with van der Waals surface area (Å²) < 4.78 is 23.9. The van der Waals surface area contributed by atoms with Crippen LogP contribution in [0.5, 0.6) is 11.8 Å². The molecule has 0 aliphatic rings. The van der Waals surface area contributed by atoms with Gasteiger partial charge in [-0.3, -0.25) is 0 Å². The quantitative estimate of drug-likeness (QED) is 0.797. The van der Waals surface area contributed by atoms with Gasteiger partial charge in [-0.25, -0.2) is 14.4 Å². The number of nitrogens with zero attached hydrogens (tertiary/aromatic N) is 2. The number of benzene rings is 1. The van der Waals surface area contributed by atoms with E-state index >= 15 is 0 Å². The van der Waals surface area contributed by atoms with E-state index in [1.807, 2.05) is 0 Å². The molecule has 1 heterocycles. The molecule has 5 nitrogen and oxygen atoms in total. The van der Waals surface area contributed by atoms with Crippen molar-refractivity contribution < 1.29 is 13.9 Å². The molecule has 1 N–H and O–H groups in total. The van der Waals surface area contributed by atoms with Gasteiger partial charge < -0.3 is 14.8 Å². The zero-order valence-corrected chi connectivity index (χ0v) is 12.2. The number of hydrogen-bond donors (Lipinski definition) is 1. The zero-order valence-electron chi connectivity index (χ0n) is 11.5. The number of ether oxygens (including phenoxy) is 2. The summed E-state index contributed by atoms with van der Waals surface area (Å²) in [6.07, 6.45) is 3.23. The van der Waals surface area contributed by atoms with Gasteiger partial charge in [-0.05, 0) is 12.1 Å². The Balaban J connectivity index is 1.94. The highest BCUT2D eigenvalue weighted by Gasteiger charge is 2.09. The zero-order chi connectivity index (χ0) is 15.1. The molecule has 21 heavy (non-hydrogen) atoms. The molecule has 0 aliphatic heterocycles. The minimum atomic E-state index is -0.631. The molecule has 0 saturated carbocycles. The fourth-order valence-electron chi connectivity index (χ4n) is 1.56. The molecule has 2 aromatic rings. The van der Waals surface area contributed by atoms with Gasteiger partial charge in [-0.1, -0.05) is 17.7 Å². The van der Waals surface area contributed by atoms with E-state index in [1.165, 1.54) is 12.1 Å². The molecule has 0 radical (unpaired) electrons. The maximum Gasteiger partial charge on any atom is 0.321 e. The predicted molar refractivity (Wildman–Crippen MR) is 77.1 cm³/mol. The standard InChI is InChI=1S/C14H15ClFN3O2/c1-20-6-5-17-7-10-8-18-14(19-9-10)21-12-4-2-3-11(15)13(12)16/h2-4,8-9,17H,5-7H2,1H3. The molecule has 112 valence electrons. The van der Waals surface area contributed by atoms with Crippen molar-refractivity contribution in [2.24, 2.45) is 0 Å². The predicted octanol–water partition coefficient (Wildman–Crippen LogP) is 2.80. The summed E-state index contributed by atoms with van der Waals surface area (Å²) in [7, 11) is 1.64. The van der Waals surface area contributed by atoms with Crippen molar-refractivity contribution in [3.8, 4) is 11.8 Å². The molecular weight excluding hydrogens is 297 g/mol. The third-order valence-electron chi connectivity index (χ3n) is 2.61. The van der Waals surface area contributed by atoms with Crippen LogP contribution in [0, 0.1) is 5.82 Å². The Morgan fingerprint density at radius 3 is 2.76 bits per heavy atom. The van der Waals surface area contributed by atoms with E-state index in [0.29, 0.717) is 13.2 Å². The van der Waals surface area contributed by atoms with Crippen LogP contribution in [0.25, 0.3) is 0 Å². The van der Waals surface area contributed by atoms with Crippen LogP contribution < -0.4 is 10.1 Å². The lowest BCUT2D eigenvalue weighted by Crippen LogP contribution is -2.18. The summed E-state index contributed by atoms with van der Waals surface area (Å²) in [4.78, 5) is 8.06. The molecule has 0 bridgehead atoms. The van der Waals surface area contributed by atoms with Gasteiger partial charge in [0.2, 0.25) is 0 Å². The minimum absolute atomic E-state index is 0.00605. The van der Waals surface area contributed by atoms with E-state index in [-0.39, 0.29) is 16.8 Å². The number of aromatic nitrogens is 2. The summed E-state index contributed by atoms with van der Waals surface area (Å²) in [6.45, 7) is 1.99. The normalized spacial score (nSPS) is 10.6. The minimum Gasteiger partial charge on any atom is -0.421 e. The highest BCUT2D eigenvalue weighted by molar-refractivity contribution is 6.30. The summed E-state index contributed by atoms with van der Waals surface area (Å²) in [5.74, 6) is -0.637. The van der Waals surface area contributed by atoms with E-state index in [2.05, 4.69) is 15.3 Å². The Morgan fingerprint density at radius 1 is 1.29 bits per heavy atom. The number of rotatable bonds is 7. The maximum atomic E-state index is 13.7. The summed E-state index contributed by atoms with van der Waals surface area (Å²) in [5, 5.41) is 3.16. The van der Waals surface area contributed by atoms with Gasteiger partial charge in [0.05, 0.1) is 11.6 Å². The number of halogens is 2. The smallest absolute Gasteiger partial charge is 0.321 e. The van der Waals surface area contributed by atoms with Gasteiger partial charge in [0, 0.05) is 38.2 Å². The number of nitrogens with one attached hydrogen (secondary N) is 1. The average Bonchev–Trinajstić information content (AvgIpc) is 2.50. The number of hydrogen-bond acceptors (Lipinski definition) is 5. The first-order valence-corrected chi connectivity index (χ1v) is 6.71. The summed E-state index contributed by atoms with van der Waals surface area (Å²) >= 11 is 5.67. The van der Waals surface area contributed by atoms with Crippen molar-refractivity contribution in [3.05, 3.63) is 47.0 Å². The van der Waals surface area contributed by atoms with E-state index in [4.69, 9.17) is 21.1 Å². The van der Waals surface area contributed by atoms with Gasteiger partial charge >= 0.3 is 6.01 Å². The van der Waals surface area contributed by atoms with Crippen LogP contribution in [0.2, 0.25) is 5.02 Å². The second kappa shape index (κ2) is 7.87. The third-order valence-corrected chi connectivity index (χ3v) is 2.90. The molecular formula is C14H15ClFN3O2. The van der Waals surface area contributed by atoms with E-state index < -0.39 is 5.82 Å². The molecule has 0 unspecified atom stereocenters. The van der Waals surface area contributed by atoms with E-state index in [9.17, 15) is 4.39 Å². The Morgan fingerprint density at radius 2 is 2.05 bits per heavy atom. The summed E-state index contributed by atoms with van der Waals surface area (Å²) in [5.41, 5.74) is 0.894. The second-order valence-corrected chi connectivity index (χ2v) is 4.60. The van der Waals surface area contributed by atoms with Crippen LogP contribution in [0.15, 0.2) is 30.6 Å². The second-order valence-electron chi connectivity index (χ2n) is 4.20. The average molecular weight is 312 g/mol. The van der Waals surface area contributed by atoms with Gasteiger partial charge in [-0.15, -0.1) is 0 Å². The van der Waals surface area contributed by atoms with Crippen LogP contribution in [0.1, 0.15) is 5.56 Å². The van der Waals surface area contributed by atoms with Crippen molar-refractivity contribution >= 4 is 11.6 Å². The molecule has 0 aliphatic carbocycles. The molecule has 0 fully saturated rings. The molecule has 1 aromatic carbocycles. The van der Waals surface area contributed by atoms with Crippen molar-refractivity contribution in [1.29, 1.82) is 0 Å². The lowest BCUT2D eigenvalue weighted by molar-refractivity contribution is 0.199. The first-order valence-electron chi connectivity index (χ1n) is 6.33. The van der Waals surface area contributed by atoms with Gasteiger partial charge in [0.15, 0.2) is 11.6 Å². The highest BCUT2D eigenvalue weighted by atomic mass is 35.5. The molecule has 2 rings (SSSR count). The fourth-order valence-corrected chi connectivity index (χ4v) is 1.72. The number of methoxy groups -OCH3 is 1. The van der Waals surface area contributed by atoms with Crippen LogP contribution in [-0.2, 0) is 11.3 Å². The van der Waals surface area contributed by atoms with Gasteiger partial charge in [0.1, 0.15) is 0 Å². The van der Waals surface area contributed by atoms with Crippen molar-refractivity contribution in [2.75, 3.05) is 20.3 Å². The van der Waals surface area contributed by atoms with Crippen LogP contribution in [0.4, 0.5) is 4.39 Å². The lowest BCUT2D eigenvalue weighted by Gasteiger charge is -2.07. The lowest BCUT2D eigenvalue weighted by atomic mass is 10.3. The fraction of sp³-hybridized carbons (Fsp3) is 0.286. The molecule has 7 heteroatoms. The Bertz CT molecular complexity index is 581. The van der Waals surface area contributed by atoms with Crippen LogP contribution in [0.3, 0.4) is 0 Å². The SMILES string of the molecule is COCCNCc1cnc(Oc2cccc(Cl)c2F)nc1. The van der Waals surface area contributed by atoms with Crippen molar-refractivity contribution in [3.63, 3.8) is 0 Å². The highest BCUT2D eigenvalue weighted by Crippen LogP contribution is 2.26. The Hall–Kier alpha value is -1.76.